The highest BCUT2D eigenvalue weighted by Crippen LogP contribution is 2.11. The lowest BCUT2D eigenvalue weighted by Crippen LogP contribution is -2.27. The van der Waals surface area contributed by atoms with Crippen molar-refractivity contribution < 1.29 is 8.78 Å². The van der Waals surface area contributed by atoms with Crippen molar-refractivity contribution in [2.45, 2.75) is 6.54 Å². The third-order valence-corrected chi connectivity index (χ3v) is 2.85. The number of thiocarbonyl (C=S) groups is 1. The molecule has 3 nitrogen and oxygen atoms in total. The number of nitrogens with two attached hydrogens (primary N) is 1. The second-order valence-corrected chi connectivity index (χ2v) is 4.59. The van der Waals surface area contributed by atoms with Gasteiger partial charge in [-0.25, -0.2) is 8.78 Å². The largest absolute Gasteiger partial charge is 0.399 e. The summed E-state index contributed by atoms with van der Waals surface area (Å²) in [6, 6.07) is 10.8. The minimum absolute atomic E-state index is 0.304. The van der Waals surface area contributed by atoms with E-state index in [-0.39, 0.29) is 0 Å². The fourth-order valence-electron chi connectivity index (χ4n) is 1.57. The number of halogens is 2. The molecule has 0 heterocycles. The van der Waals surface area contributed by atoms with E-state index in [2.05, 4.69) is 10.6 Å². The lowest BCUT2D eigenvalue weighted by atomic mass is 10.2. The number of anilines is 2. The van der Waals surface area contributed by atoms with Crippen molar-refractivity contribution in [2.75, 3.05) is 11.1 Å². The smallest absolute Gasteiger partial charge is 0.171 e. The molecule has 0 saturated carbocycles. The molecule has 0 fully saturated rings. The maximum atomic E-state index is 13.0. The molecule has 0 aromatic heterocycles. The molecule has 0 radical (unpaired) electrons. The Morgan fingerprint density at radius 3 is 2.40 bits per heavy atom. The van der Waals surface area contributed by atoms with Gasteiger partial charge in [-0.3, -0.25) is 0 Å². The van der Waals surface area contributed by atoms with E-state index in [0.29, 0.717) is 22.9 Å². The lowest BCUT2D eigenvalue weighted by Gasteiger charge is -2.11. The molecule has 0 unspecified atom stereocenters. The van der Waals surface area contributed by atoms with Crippen LogP contribution in [0.5, 0.6) is 0 Å². The van der Waals surface area contributed by atoms with Crippen molar-refractivity contribution in [3.05, 3.63) is 59.7 Å². The first-order chi connectivity index (χ1) is 9.54. The highest BCUT2D eigenvalue weighted by molar-refractivity contribution is 7.80. The van der Waals surface area contributed by atoms with Gasteiger partial charge >= 0.3 is 0 Å². The number of hydrogen-bond acceptors (Lipinski definition) is 2. The molecule has 0 spiro atoms. The van der Waals surface area contributed by atoms with Gasteiger partial charge in [0.15, 0.2) is 16.7 Å². The Balaban J connectivity index is 1.88. The Kier molecular flexibility index (Phi) is 4.47. The van der Waals surface area contributed by atoms with E-state index in [1.165, 1.54) is 6.07 Å². The summed E-state index contributed by atoms with van der Waals surface area (Å²) < 4.78 is 25.8. The number of benzene rings is 2. The Morgan fingerprint density at radius 1 is 1.05 bits per heavy atom. The monoisotopic (exact) mass is 293 g/mol. The molecule has 104 valence electrons. The molecule has 20 heavy (non-hydrogen) atoms. The molecule has 0 bridgehead atoms. The van der Waals surface area contributed by atoms with Crippen LogP contribution in [0.3, 0.4) is 0 Å². The summed E-state index contributed by atoms with van der Waals surface area (Å²) in [5.74, 6) is -1.74. The van der Waals surface area contributed by atoms with Crippen LogP contribution in [0.1, 0.15) is 5.56 Å². The molecule has 2 rings (SSSR count). The van der Waals surface area contributed by atoms with Crippen LogP contribution in [-0.4, -0.2) is 5.11 Å². The van der Waals surface area contributed by atoms with Crippen LogP contribution in [-0.2, 0) is 6.54 Å². The van der Waals surface area contributed by atoms with Gasteiger partial charge in [-0.2, -0.15) is 0 Å². The summed E-state index contributed by atoms with van der Waals surface area (Å²) >= 11 is 5.11. The van der Waals surface area contributed by atoms with Crippen LogP contribution < -0.4 is 16.4 Å². The van der Waals surface area contributed by atoms with E-state index in [9.17, 15) is 8.78 Å². The van der Waals surface area contributed by atoms with Crippen LogP contribution in [0.4, 0.5) is 20.2 Å². The molecule has 2 aromatic carbocycles. The van der Waals surface area contributed by atoms with Crippen LogP contribution in [0.2, 0.25) is 0 Å². The van der Waals surface area contributed by atoms with E-state index in [4.69, 9.17) is 18.0 Å². The molecule has 0 saturated heterocycles. The van der Waals surface area contributed by atoms with Crippen molar-refractivity contribution in [3.8, 4) is 0 Å². The average molecular weight is 293 g/mol. The predicted octanol–water partition coefficient (Wildman–Crippen LogP) is 3.03. The van der Waals surface area contributed by atoms with Crippen LogP contribution in [0, 0.1) is 11.6 Å². The summed E-state index contributed by atoms with van der Waals surface area (Å²) in [5, 5.41) is 6.26. The fourth-order valence-corrected chi connectivity index (χ4v) is 1.76. The SMILES string of the molecule is Nc1ccc(NC(=S)NCc2ccc(F)c(F)c2)cc1. The third-order valence-electron chi connectivity index (χ3n) is 2.61. The fraction of sp³-hybridized carbons (Fsp3) is 0.0714. The topological polar surface area (TPSA) is 50.1 Å². The van der Waals surface area contributed by atoms with Crippen molar-refractivity contribution in [1.82, 2.24) is 5.32 Å². The van der Waals surface area contributed by atoms with Gasteiger partial charge < -0.3 is 16.4 Å². The third kappa shape index (κ3) is 3.89. The zero-order chi connectivity index (χ0) is 14.5. The van der Waals surface area contributed by atoms with Gasteiger partial charge in [-0.1, -0.05) is 6.07 Å². The normalized spacial score (nSPS) is 10.1. The van der Waals surface area contributed by atoms with Gasteiger partial charge in [0.1, 0.15) is 0 Å². The Bertz CT molecular complexity index is 614. The average Bonchev–Trinajstić information content (AvgIpc) is 2.43. The van der Waals surface area contributed by atoms with Crippen molar-refractivity contribution in [1.29, 1.82) is 0 Å². The van der Waals surface area contributed by atoms with E-state index >= 15 is 0 Å². The van der Waals surface area contributed by atoms with E-state index < -0.39 is 11.6 Å². The lowest BCUT2D eigenvalue weighted by molar-refractivity contribution is 0.507. The second-order valence-electron chi connectivity index (χ2n) is 4.18. The molecule has 0 atom stereocenters. The number of nitrogens with one attached hydrogen (secondary N) is 2. The molecule has 0 amide bonds. The molecule has 4 N–H and O–H groups in total. The molecule has 0 aliphatic carbocycles. The predicted molar refractivity (Wildman–Crippen MR) is 80.3 cm³/mol. The zero-order valence-electron chi connectivity index (χ0n) is 10.5. The maximum absolute atomic E-state index is 13.0. The first-order valence-electron chi connectivity index (χ1n) is 5.89. The second kappa shape index (κ2) is 6.29. The van der Waals surface area contributed by atoms with Gasteiger partial charge in [0.05, 0.1) is 0 Å². The maximum Gasteiger partial charge on any atom is 0.171 e. The first-order valence-corrected chi connectivity index (χ1v) is 6.30. The number of nitrogen functional groups attached to an aromatic ring is 1. The van der Waals surface area contributed by atoms with Gasteiger partial charge in [-0.05, 0) is 54.2 Å². The van der Waals surface area contributed by atoms with E-state index in [1.807, 2.05) is 0 Å². The molecular weight excluding hydrogens is 280 g/mol. The first kappa shape index (κ1) is 14.2. The Labute approximate surface area is 120 Å². The Hall–Kier alpha value is -2.21. The molecular formula is C14H13F2N3S. The number of hydrogen-bond donors (Lipinski definition) is 3. The van der Waals surface area contributed by atoms with Gasteiger partial charge in [0, 0.05) is 17.9 Å². The van der Waals surface area contributed by atoms with Crippen molar-refractivity contribution in [3.63, 3.8) is 0 Å². The number of rotatable bonds is 3. The summed E-state index contributed by atoms with van der Waals surface area (Å²) in [6.07, 6.45) is 0. The van der Waals surface area contributed by atoms with E-state index in [0.717, 1.165) is 17.8 Å². The summed E-state index contributed by atoms with van der Waals surface area (Å²) in [6.45, 7) is 0.304. The summed E-state index contributed by atoms with van der Waals surface area (Å²) in [5.41, 5.74) is 7.63. The summed E-state index contributed by atoms with van der Waals surface area (Å²) in [7, 11) is 0. The highest BCUT2D eigenvalue weighted by Gasteiger charge is 2.03. The van der Waals surface area contributed by atoms with Gasteiger partial charge in [0.2, 0.25) is 0 Å². The minimum Gasteiger partial charge on any atom is -0.399 e. The summed E-state index contributed by atoms with van der Waals surface area (Å²) in [4.78, 5) is 0. The molecule has 6 heteroatoms. The Morgan fingerprint density at radius 2 is 1.75 bits per heavy atom. The van der Waals surface area contributed by atoms with Crippen molar-refractivity contribution in [2.24, 2.45) is 0 Å². The van der Waals surface area contributed by atoms with Crippen molar-refractivity contribution >= 4 is 28.7 Å². The molecule has 0 aliphatic rings. The van der Waals surface area contributed by atoms with Gasteiger partial charge in [-0.15, -0.1) is 0 Å². The highest BCUT2D eigenvalue weighted by atomic mass is 32.1. The quantitative estimate of drug-likeness (QED) is 0.601. The van der Waals surface area contributed by atoms with Crippen LogP contribution in [0.15, 0.2) is 42.5 Å². The standard InChI is InChI=1S/C14H13F2N3S/c15-12-6-1-9(7-13(12)16)8-18-14(20)19-11-4-2-10(17)3-5-11/h1-7H,8,17H2,(H2,18,19,20). The van der Waals surface area contributed by atoms with E-state index in [1.54, 1.807) is 24.3 Å². The molecule has 2 aromatic rings. The minimum atomic E-state index is -0.873. The molecule has 0 aliphatic heterocycles. The van der Waals surface area contributed by atoms with Gasteiger partial charge in [0.25, 0.3) is 0 Å². The zero-order valence-corrected chi connectivity index (χ0v) is 11.3. The van der Waals surface area contributed by atoms with Crippen LogP contribution >= 0.6 is 12.2 Å². The van der Waals surface area contributed by atoms with Crippen LogP contribution in [0.25, 0.3) is 0 Å².